The van der Waals surface area contributed by atoms with E-state index in [4.69, 9.17) is 14.2 Å². The minimum absolute atomic E-state index is 0.0667. The topological polar surface area (TPSA) is 61.8 Å². The van der Waals surface area contributed by atoms with Gasteiger partial charge in [0.15, 0.2) is 6.10 Å². The third kappa shape index (κ3) is 38.7. The highest BCUT2D eigenvalue weighted by atomic mass is 16.6. The van der Waals surface area contributed by atoms with Crippen LogP contribution < -0.4 is 0 Å². The third-order valence-electron chi connectivity index (χ3n) is 8.88. The molecule has 0 aromatic rings. The first-order chi connectivity index (χ1) is 24.6. The second-order valence-electron chi connectivity index (χ2n) is 13.9. The molecule has 0 aliphatic rings. The molecule has 0 heterocycles. The molecule has 0 N–H and O–H groups in total. The van der Waals surface area contributed by atoms with Gasteiger partial charge in [-0.15, -0.1) is 0 Å². The summed E-state index contributed by atoms with van der Waals surface area (Å²) in [6, 6.07) is 0. The number of hydrogen-bond acceptors (Lipinski definition) is 5. The highest BCUT2D eigenvalue weighted by Gasteiger charge is 2.17. The van der Waals surface area contributed by atoms with Crippen LogP contribution in [-0.2, 0) is 23.8 Å². The molecule has 0 radical (unpaired) electrons. The average Bonchev–Trinajstić information content (AvgIpc) is 3.11. The number of carbonyl (C=O) groups excluding carboxylic acids is 2. The molecule has 0 rings (SSSR count). The smallest absolute Gasteiger partial charge is 0.306 e. The van der Waals surface area contributed by atoms with Crippen LogP contribution in [0, 0.1) is 0 Å². The van der Waals surface area contributed by atoms with Crippen molar-refractivity contribution < 1.29 is 23.8 Å². The van der Waals surface area contributed by atoms with Crippen LogP contribution in [0.4, 0.5) is 0 Å². The van der Waals surface area contributed by atoms with E-state index < -0.39 is 6.10 Å². The highest BCUT2D eigenvalue weighted by molar-refractivity contribution is 5.70. The van der Waals surface area contributed by atoms with E-state index in [0.717, 1.165) is 70.6 Å². The summed E-state index contributed by atoms with van der Waals surface area (Å²) in [6.07, 6.45) is 48.2. The molecular weight excluding hydrogens is 620 g/mol. The quantitative estimate of drug-likeness (QED) is 0.0364. The number of carbonyl (C=O) groups is 2. The van der Waals surface area contributed by atoms with Crippen LogP contribution >= 0.6 is 0 Å². The maximum atomic E-state index is 12.6. The van der Waals surface area contributed by atoms with Crippen molar-refractivity contribution in [1.82, 2.24) is 0 Å². The van der Waals surface area contributed by atoms with E-state index in [1.54, 1.807) is 0 Å². The summed E-state index contributed by atoms with van der Waals surface area (Å²) < 4.78 is 17.2. The fraction of sp³-hybridized carbons (Fsp3) is 0.778. The fourth-order valence-corrected chi connectivity index (χ4v) is 5.73. The molecule has 5 heteroatoms. The van der Waals surface area contributed by atoms with E-state index in [0.29, 0.717) is 19.4 Å². The summed E-state index contributed by atoms with van der Waals surface area (Å²) in [6.45, 7) is 7.65. The summed E-state index contributed by atoms with van der Waals surface area (Å²) in [7, 11) is 0. The lowest BCUT2D eigenvalue weighted by Crippen LogP contribution is -2.30. The zero-order valence-corrected chi connectivity index (χ0v) is 33.2. The molecule has 0 aromatic carbocycles. The van der Waals surface area contributed by atoms with Crippen LogP contribution in [0.3, 0.4) is 0 Å². The van der Waals surface area contributed by atoms with Crippen LogP contribution in [0.15, 0.2) is 48.6 Å². The minimum Gasteiger partial charge on any atom is -0.462 e. The number of ether oxygens (including phenoxy) is 3. The lowest BCUT2D eigenvalue weighted by atomic mass is 10.1. The van der Waals surface area contributed by atoms with Gasteiger partial charge in [-0.1, -0.05) is 179 Å². The van der Waals surface area contributed by atoms with Gasteiger partial charge in [0, 0.05) is 19.4 Å². The number of hydrogen-bond donors (Lipinski definition) is 0. The normalized spacial score (nSPS) is 12.6. The lowest BCUT2D eigenvalue weighted by molar-refractivity contribution is -0.163. The molecular formula is C45H80O5. The van der Waals surface area contributed by atoms with Crippen molar-refractivity contribution in [2.24, 2.45) is 0 Å². The van der Waals surface area contributed by atoms with Gasteiger partial charge in [0.05, 0.1) is 6.61 Å². The van der Waals surface area contributed by atoms with Crippen LogP contribution in [-0.4, -0.2) is 37.9 Å². The molecule has 5 nitrogen and oxygen atoms in total. The number of allylic oxidation sites excluding steroid dienone is 8. The van der Waals surface area contributed by atoms with E-state index in [1.165, 1.54) is 96.3 Å². The second-order valence-corrected chi connectivity index (χ2v) is 13.9. The van der Waals surface area contributed by atoms with Crippen molar-refractivity contribution in [2.45, 2.75) is 207 Å². The molecule has 0 aliphatic heterocycles. The molecule has 0 aliphatic carbocycles. The van der Waals surface area contributed by atoms with Crippen LogP contribution in [0.25, 0.3) is 0 Å². The Kier molecular flexibility index (Phi) is 39.5. The van der Waals surface area contributed by atoms with Crippen LogP contribution in [0.5, 0.6) is 0 Å². The Morgan fingerprint density at radius 2 is 0.900 bits per heavy atom. The van der Waals surface area contributed by atoms with E-state index in [1.807, 2.05) is 0 Å². The Morgan fingerprint density at radius 3 is 1.44 bits per heavy atom. The van der Waals surface area contributed by atoms with Gasteiger partial charge >= 0.3 is 11.9 Å². The molecule has 0 spiro atoms. The van der Waals surface area contributed by atoms with Crippen molar-refractivity contribution in [3.8, 4) is 0 Å². The van der Waals surface area contributed by atoms with E-state index in [2.05, 4.69) is 69.4 Å². The summed E-state index contributed by atoms with van der Waals surface area (Å²) >= 11 is 0. The molecule has 290 valence electrons. The van der Waals surface area contributed by atoms with Gasteiger partial charge < -0.3 is 14.2 Å². The average molecular weight is 701 g/mol. The molecule has 0 saturated heterocycles. The zero-order chi connectivity index (χ0) is 36.4. The monoisotopic (exact) mass is 701 g/mol. The Hall–Kier alpha value is -2.14. The largest absolute Gasteiger partial charge is 0.462 e. The maximum absolute atomic E-state index is 12.6. The van der Waals surface area contributed by atoms with Crippen molar-refractivity contribution in [3.63, 3.8) is 0 Å². The van der Waals surface area contributed by atoms with Gasteiger partial charge in [-0.05, 0) is 57.8 Å². The Labute approximate surface area is 310 Å². The SMILES string of the molecule is CC/C=C\C/C=C\C/C=C\C/C=C\CCCCC(=O)OCC(COCCCCCCCCCCCC)OC(=O)CCCCCCCCCCC. The van der Waals surface area contributed by atoms with E-state index in [-0.39, 0.29) is 25.2 Å². The first-order valence-corrected chi connectivity index (χ1v) is 21.2. The standard InChI is InChI=1S/C45H80O5/c1-4-7-10-13-16-19-21-22-23-24-25-27-29-32-35-38-44(46)49-42-43(41-48-40-37-34-31-28-20-17-14-11-8-5-2)50-45(47)39-36-33-30-26-18-15-12-9-6-3/h7,10,16,19,22-23,25,27,43H,4-6,8-9,11-15,17-18,20-21,24,26,28-42H2,1-3H3/b10-7-,19-16-,23-22-,27-25-. The fourth-order valence-electron chi connectivity index (χ4n) is 5.73. The highest BCUT2D eigenvalue weighted by Crippen LogP contribution is 2.13. The van der Waals surface area contributed by atoms with Crippen molar-refractivity contribution >= 4 is 11.9 Å². The Bertz CT molecular complexity index is 842. The third-order valence-corrected chi connectivity index (χ3v) is 8.88. The predicted molar refractivity (Wildman–Crippen MR) is 215 cm³/mol. The summed E-state index contributed by atoms with van der Waals surface area (Å²) in [5.74, 6) is -0.445. The van der Waals surface area contributed by atoms with Gasteiger partial charge in [-0.2, -0.15) is 0 Å². The first-order valence-electron chi connectivity index (χ1n) is 21.2. The van der Waals surface area contributed by atoms with Gasteiger partial charge in [0.1, 0.15) is 6.61 Å². The van der Waals surface area contributed by atoms with Crippen molar-refractivity contribution in [2.75, 3.05) is 19.8 Å². The van der Waals surface area contributed by atoms with Crippen molar-refractivity contribution in [3.05, 3.63) is 48.6 Å². The molecule has 1 unspecified atom stereocenters. The molecule has 0 bridgehead atoms. The second kappa shape index (κ2) is 41.3. The molecule has 0 saturated carbocycles. The zero-order valence-electron chi connectivity index (χ0n) is 33.2. The predicted octanol–water partition coefficient (Wildman–Crippen LogP) is 13.7. The number of unbranched alkanes of at least 4 members (excludes halogenated alkanes) is 19. The number of esters is 2. The minimum atomic E-state index is -0.544. The molecule has 0 fully saturated rings. The Morgan fingerprint density at radius 1 is 0.460 bits per heavy atom. The lowest BCUT2D eigenvalue weighted by Gasteiger charge is -2.18. The number of rotatable bonds is 38. The Balaban J connectivity index is 4.28. The summed E-state index contributed by atoms with van der Waals surface area (Å²) in [5.41, 5.74) is 0. The molecule has 50 heavy (non-hydrogen) atoms. The van der Waals surface area contributed by atoms with Crippen LogP contribution in [0.2, 0.25) is 0 Å². The van der Waals surface area contributed by atoms with E-state index in [9.17, 15) is 9.59 Å². The summed E-state index contributed by atoms with van der Waals surface area (Å²) in [4.78, 5) is 25.1. The van der Waals surface area contributed by atoms with Gasteiger partial charge in [-0.25, -0.2) is 0 Å². The van der Waals surface area contributed by atoms with Gasteiger partial charge in [0.25, 0.3) is 0 Å². The van der Waals surface area contributed by atoms with E-state index >= 15 is 0 Å². The van der Waals surface area contributed by atoms with Gasteiger partial charge in [0.2, 0.25) is 0 Å². The molecule has 1 atom stereocenters. The summed E-state index contributed by atoms with van der Waals surface area (Å²) in [5, 5.41) is 0. The van der Waals surface area contributed by atoms with Crippen LogP contribution in [0.1, 0.15) is 201 Å². The maximum Gasteiger partial charge on any atom is 0.306 e. The van der Waals surface area contributed by atoms with Gasteiger partial charge in [-0.3, -0.25) is 9.59 Å². The molecule has 0 aromatic heterocycles. The first kappa shape index (κ1) is 47.9. The molecule has 0 amide bonds. The van der Waals surface area contributed by atoms with Crippen molar-refractivity contribution in [1.29, 1.82) is 0 Å².